The smallest absolute Gasteiger partial charge is 0.341 e. The lowest BCUT2D eigenvalue weighted by molar-refractivity contribution is 0.0527. The van der Waals surface area contributed by atoms with Crippen molar-refractivity contribution in [2.24, 2.45) is 0 Å². The van der Waals surface area contributed by atoms with Crippen molar-refractivity contribution in [2.45, 2.75) is 27.7 Å². The molecule has 0 saturated heterocycles. The zero-order valence-corrected chi connectivity index (χ0v) is 21.3. The highest BCUT2D eigenvalue weighted by atomic mass is 35.5. The number of carbonyl (C=O) groups excluding carboxylic acids is 3. The van der Waals surface area contributed by atoms with Crippen LogP contribution in [0.3, 0.4) is 0 Å². The molecule has 0 unspecified atom stereocenters. The summed E-state index contributed by atoms with van der Waals surface area (Å²) in [4.78, 5) is 43.8. The quantitative estimate of drug-likeness (QED) is 0.228. The minimum atomic E-state index is -0.581. The third-order valence-electron chi connectivity index (χ3n) is 5.65. The third kappa shape index (κ3) is 4.70. The number of ketones is 1. The molecule has 0 bridgehead atoms. The number of pyridine rings is 1. The first-order valence-electron chi connectivity index (χ1n) is 11.0. The topological polar surface area (TPSA) is 85.4 Å². The number of amides is 1. The molecule has 2 aromatic carbocycles. The van der Waals surface area contributed by atoms with Gasteiger partial charge in [0.15, 0.2) is 5.78 Å². The zero-order valence-electron chi connectivity index (χ0n) is 19.7. The number of thiophene rings is 1. The number of Topliss-reactive ketones (excluding diaryl/α,β-unsaturated/α-hetero) is 1. The van der Waals surface area contributed by atoms with E-state index in [0.29, 0.717) is 43.2 Å². The van der Waals surface area contributed by atoms with E-state index in [2.05, 4.69) is 5.32 Å². The van der Waals surface area contributed by atoms with Gasteiger partial charge in [-0.25, -0.2) is 9.78 Å². The van der Waals surface area contributed by atoms with Gasteiger partial charge >= 0.3 is 5.97 Å². The first-order chi connectivity index (χ1) is 16.7. The Bertz CT molecular complexity index is 1480. The fourth-order valence-corrected chi connectivity index (χ4v) is 5.25. The highest BCUT2D eigenvalue weighted by Gasteiger charge is 2.27. The maximum absolute atomic E-state index is 13.7. The van der Waals surface area contributed by atoms with Crippen molar-refractivity contribution in [1.82, 2.24) is 4.98 Å². The van der Waals surface area contributed by atoms with Gasteiger partial charge in [-0.2, -0.15) is 0 Å². The van der Waals surface area contributed by atoms with Crippen LogP contribution in [0.25, 0.3) is 22.2 Å². The predicted molar refractivity (Wildman–Crippen MR) is 140 cm³/mol. The van der Waals surface area contributed by atoms with Crippen molar-refractivity contribution < 1.29 is 19.1 Å². The standard InChI is InChI=1S/C27H23ClN2O4S/c1-5-34-27(33)22-15(3)24(16(4)31)35-26(22)30-25(32)21-14(2)23(17-10-12-18(28)13-11-17)29-20-9-7-6-8-19(20)21/h6-13H,5H2,1-4H3,(H,30,32). The first-order valence-corrected chi connectivity index (χ1v) is 12.2. The average Bonchev–Trinajstić information content (AvgIpc) is 3.15. The molecule has 6 nitrogen and oxygen atoms in total. The molecule has 4 rings (SSSR count). The largest absolute Gasteiger partial charge is 0.462 e. The van der Waals surface area contributed by atoms with Gasteiger partial charge in [0.1, 0.15) is 5.00 Å². The van der Waals surface area contributed by atoms with Gasteiger partial charge in [0, 0.05) is 16.0 Å². The molecule has 0 radical (unpaired) electrons. The summed E-state index contributed by atoms with van der Waals surface area (Å²) in [5.41, 5.74) is 3.95. The number of anilines is 1. The number of nitrogens with one attached hydrogen (secondary N) is 1. The number of ether oxygens (including phenoxy) is 1. The third-order valence-corrected chi connectivity index (χ3v) is 7.21. The van der Waals surface area contributed by atoms with Crippen LogP contribution in [0.1, 0.15) is 55.4 Å². The van der Waals surface area contributed by atoms with Crippen LogP contribution in [0, 0.1) is 13.8 Å². The molecule has 0 aliphatic rings. The number of para-hydroxylation sites is 1. The highest BCUT2D eigenvalue weighted by Crippen LogP contribution is 2.36. The Morgan fingerprint density at radius 3 is 2.34 bits per heavy atom. The van der Waals surface area contributed by atoms with Crippen molar-refractivity contribution in [2.75, 3.05) is 11.9 Å². The van der Waals surface area contributed by atoms with Gasteiger partial charge < -0.3 is 10.1 Å². The molecule has 2 heterocycles. The van der Waals surface area contributed by atoms with Gasteiger partial charge in [-0.15, -0.1) is 11.3 Å². The van der Waals surface area contributed by atoms with Gasteiger partial charge in [0.25, 0.3) is 5.91 Å². The second kappa shape index (κ2) is 9.98. The van der Waals surface area contributed by atoms with E-state index in [9.17, 15) is 14.4 Å². The number of esters is 1. The SMILES string of the molecule is CCOC(=O)c1c(NC(=O)c2c(C)c(-c3ccc(Cl)cc3)nc3ccccc23)sc(C(C)=O)c1C. The van der Waals surface area contributed by atoms with Crippen LogP contribution in [-0.2, 0) is 4.74 Å². The molecular weight excluding hydrogens is 484 g/mol. The van der Waals surface area contributed by atoms with Crippen molar-refractivity contribution in [3.8, 4) is 11.3 Å². The van der Waals surface area contributed by atoms with Gasteiger partial charge in [0.05, 0.1) is 33.8 Å². The Balaban J connectivity index is 1.86. The number of carbonyl (C=O) groups is 3. The van der Waals surface area contributed by atoms with Crippen molar-refractivity contribution in [3.05, 3.63) is 80.7 Å². The van der Waals surface area contributed by atoms with E-state index in [1.54, 1.807) is 26.0 Å². The van der Waals surface area contributed by atoms with E-state index in [-0.39, 0.29) is 23.0 Å². The average molecular weight is 507 g/mol. The van der Waals surface area contributed by atoms with Crippen LogP contribution in [0.5, 0.6) is 0 Å². The number of nitrogens with zero attached hydrogens (tertiary/aromatic N) is 1. The monoisotopic (exact) mass is 506 g/mol. The van der Waals surface area contributed by atoms with Crippen LogP contribution in [0.4, 0.5) is 5.00 Å². The molecule has 0 atom stereocenters. The van der Waals surface area contributed by atoms with Crippen LogP contribution in [0.15, 0.2) is 48.5 Å². The molecule has 1 N–H and O–H groups in total. The van der Waals surface area contributed by atoms with E-state index in [0.717, 1.165) is 16.9 Å². The molecule has 0 aliphatic heterocycles. The molecule has 4 aromatic rings. The van der Waals surface area contributed by atoms with E-state index in [4.69, 9.17) is 21.3 Å². The summed E-state index contributed by atoms with van der Waals surface area (Å²) in [6.45, 7) is 6.83. The molecule has 0 aliphatic carbocycles. The molecule has 0 saturated carbocycles. The summed E-state index contributed by atoms with van der Waals surface area (Å²) in [5.74, 6) is -1.17. The zero-order chi connectivity index (χ0) is 25.3. The second-order valence-electron chi connectivity index (χ2n) is 7.98. The van der Waals surface area contributed by atoms with Crippen molar-refractivity contribution in [1.29, 1.82) is 0 Å². The molecule has 35 heavy (non-hydrogen) atoms. The number of fused-ring (bicyclic) bond motifs is 1. The summed E-state index contributed by atoms with van der Waals surface area (Å²) in [6.07, 6.45) is 0. The minimum Gasteiger partial charge on any atom is -0.462 e. The van der Waals surface area contributed by atoms with Crippen LogP contribution >= 0.6 is 22.9 Å². The maximum atomic E-state index is 13.7. The number of benzene rings is 2. The number of rotatable bonds is 6. The van der Waals surface area contributed by atoms with Crippen LogP contribution in [0.2, 0.25) is 5.02 Å². The van der Waals surface area contributed by atoms with Gasteiger partial charge in [-0.3, -0.25) is 9.59 Å². The van der Waals surface area contributed by atoms with Crippen LogP contribution in [-0.4, -0.2) is 29.3 Å². The number of aromatic nitrogens is 1. The van der Waals surface area contributed by atoms with E-state index in [1.165, 1.54) is 6.92 Å². The Hall–Kier alpha value is -3.55. The normalized spacial score (nSPS) is 10.9. The summed E-state index contributed by atoms with van der Waals surface area (Å²) in [7, 11) is 0. The van der Waals surface area contributed by atoms with Gasteiger partial charge in [0.2, 0.25) is 0 Å². The van der Waals surface area contributed by atoms with Crippen molar-refractivity contribution in [3.63, 3.8) is 0 Å². The van der Waals surface area contributed by atoms with Gasteiger partial charge in [-0.1, -0.05) is 41.9 Å². The second-order valence-corrected chi connectivity index (χ2v) is 9.43. The summed E-state index contributed by atoms with van der Waals surface area (Å²) in [5, 5.41) is 4.44. The van der Waals surface area contributed by atoms with Crippen LogP contribution < -0.4 is 5.32 Å². The predicted octanol–water partition coefficient (Wildman–Crippen LogP) is 6.87. The lowest BCUT2D eigenvalue weighted by Crippen LogP contribution is -2.17. The summed E-state index contributed by atoms with van der Waals surface area (Å²) >= 11 is 7.13. The molecule has 0 spiro atoms. The summed E-state index contributed by atoms with van der Waals surface area (Å²) in [6, 6.07) is 14.6. The lowest BCUT2D eigenvalue weighted by Gasteiger charge is -2.15. The highest BCUT2D eigenvalue weighted by molar-refractivity contribution is 7.18. The summed E-state index contributed by atoms with van der Waals surface area (Å²) < 4.78 is 5.19. The molecule has 178 valence electrons. The number of hydrogen-bond acceptors (Lipinski definition) is 6. The fourth-order valence-electron chi connectivity index (χ4n) is 4.04. The Morgan fingerprint density at radius 2 is 1.69 bits per heavy atom. The van der Waals surface area contributed by atoms with E-state index in [1.807, 2.05) is 43.3 Å². The fraction of sp³-hybridized carbons (Fsp3) is 0.185. The maximum Gasteiger partial charge on any atom is 0.341 e. The Labute approximate surface area is 211 Å². The minimum absolute atomic E-state index is 0.176. The lowest BCUT2D eigenvalue weighted by atomic mass is 9.97. The Kier molecular flexibility index (Phi) is 7.00. The number of hydrogen-bond donors (Lipinski definition) is 1. The molecular formula is C27H23ClN2O4S. The first kappa shape index (κ1) is 24.6. The molecule has 1 amide bonds. The number of halogens is 1. The van der Waals surface area contributed by atoms with E-state index >= 15 is 0 Å². The van der Waals surface area contributed by atoms with Gasteiger partial charge in [-0.05, 0) is 57.0 Å². The molecule has 2 aromatic heterocycles. The van der Waals surface area contributed by atoms with Crippen molar-refractivity contribution >= 4 is 56.5 Å². The molecule has 0 fully saturated rings. The Morgan fingerprint density at radius 1 is 1.00 bits per heavy atom. The molecule has 8 heteroatoms. The van der Waals surface area contributed by atoms with E-state index < -0.39 is 11.9 Å².